The normalized spacial score (nSPS) is 11.7. The second kappa shape index (κ2) is 16.6. The zero-order valence-electron chi connectivity index (χ0n) is 38.0. The highest BCUT2D eigenvalue weighted by Crippen LogP contribution is 2.47. The van der Waals surface area contributed by atoms with Gasteiger partial charge in [0.15, 0.2) is 0 Å². The largest absolute Gasteiger partial charge is 0.310 e. The van der Waals surface area contributed by atoms with Gasteiger partial charge in [-0.05, 0) is 152 Å². The third-order valence-electron chi connectivity index (χ3n) is 14.0. The van der Waals surface area contributed by atoms with Crippen LogP contribution in [0, 0.1) is 0 Å². The van der Waals surface area contributed by atoms with Crippen LogP contribution in [0.15, 0.2) is 255 Å². The van der Waals surface area contributed by atoms with Crippen molar-refractivity contribution in [1.82, 2.24) is 0 Å². The lowest BCUT2D eigenvalue weighted by atomic mass is 9.99. The maximum Gasteiger partial charge on any atom is 0.0476 e. The minimum atomic E-state index is 1.12. The average molecular weight is 927 g/mol. The highest BCUT2D eigenvalue weighted by atomic mass is 32.1. The lowest BCUT2D eigenvalue weighted by molar-refractivity contribution is 1.29. The molecule has 14 rings (SSSR count). The predicted molar refractivity (Wildman–Crippen MR) is 305 cm³/mol. The molecule has 4 heteroatoms. The fourth-order valence-corrected chi connectivity index (χ4v) is 12.9. The second-order valence-corrected chi connectivity index (χ2v) is 20.3. The predicted octanol–water partition coefficient (Wildman–Crippen LogP) is 20.2. The second-order valence-electron chi connectivity index (χ2n) is 18.1. The van der Waals surface area contributed by atoms with Crippen LogP contribution in [0.5, 0.6) is 0 Å². The van der Waals surface area contributed by atoms with Gasteiger partial charge in [0.25, 0.3) is 0 Å². The summed E-state index contributed by atoms with van der Waals surface area (Å²) in [6.07, 6.45) is 0. The van der Waals surface area contributed by atoms with Crippen molar-refractivity contribution in [3.05, 3.63) is 255 Å². The molecule has 0 unspecified atom stereocenters. The van der Waals surface area contributed by atoms with E-state index in [2.05, 4.69) is 265 Å². The fraction of sp³-hybridized carbons (Fsp3) is 0. The van der Waals surface area contributed by atoms with Gasteiger partial charge in [-0.2, -0.15) is 0 Å². The minimum Gasteiger partial charge on any atom is -0.310 e. The maximum absolute atomic E-state index is 2.38. The summed E-state index contributed by atoms with van der Waals surface area (Å²) in [4.78, 5) is 4.75. The molecule has 0 spiro atoms. The number of para-hydroxylation sites is 2. The van der Waals surface area contributed by atoms with Crippen LogP contribution in [0.3, 0.4) is 0 Å². The summed E-state index contributed by atoms with van der Waals surface area (Å²) in [5, 5.41) is 12.9. The number of fused-ring (bicyclic) bond motifs is 11. The van der Waals surface area contributed by atoms with E-state index in [1.165, 1.54) is 94.9 Å². The van der Waals surface area contributed by atoms with Gasteiger partial charge in [-0.25, -0.2) is 0 Å². The molecule has 0 saturated heterocycles. The number of thiophene rings is 2. The molecule has 0 saturated carbocycles. The Hall–Kier alpha value is -8.54. The number of hydrogen-bond donors (Lipinski definition) is 0. The van der Waals surface area contributed by atoms with Crippen LogP contribution in [-0.4, -0.2) is 0 Å². The molecule has 0 N–H and O–H groups in total. The highest BCUT2D eigenvalue weighted by Gasteiger charge is 2.20. The van der Waals surface area contributed by atoms with Crippen molar-refractivity contribution in [3.8, 4) is 22.3 Å². The van der Waals surface area contributed by atoms with E-state index in [0.717, 1.165) is 34.1 Å². The molecule has 0 aliphatic rings. The molecule has 0 radical (unpaired) electrons. The molecule has 2 heterocycles. The lowest BCUT2D eigenvalue weighted by Crippen LogP contribution is -2.09. The van der Waals surface area contributed by atoms with Crippen molar-refractivity contribution < 1.29 is 0 Å². The van der Waals surface area contributed by atoms with Crippen LogP contribution in [0.2, 0.25) is 0 Å². The van der Waals surface area contributed by atoms with E-state index in [1.807, 2.05) is 22.7 Å². The van der Waals surface area contributed by atoms with Crippen molar-refractivity contribution in [3.63, 3.8) is 0 Å². The first kappa shape index (κ1) is 40.5. The van der Waals surface area contributed by atoms with Crippen LogP contribution in [0.4, 0.5) is 34.1 Å². The number of anilines is 6. The molecular formula is C66H42N2S2. The van der Waals surface area contributed by atoms with E-state index < -0.39 is 0 Å². The van der Waals surface area contributed by atoms with Crippen LogP contribution < -0.4 is 9.80 Å². The monoisotopic (exact) mass is 926 g/mol. The zero-order valence-corrected chi connectivity index (χ0v) is 39.6. The summed E-state index contributed by atoms with van der Waals surface area (Å²) in [5.41, 5.74) is 11.6. The zero-order chi connectivity index (χ0) is 46.1. The third kappa shape index (κ3) is 6.91. The molecule has 70 heavy (non-hydrogen) atoms. The third-order valence-corrected chi connectivity index (χ3v) is 16.2. The topological polar surface area (TPSA) is 6.48 Å². The van der Waals surface area contributed by atoms with Crippen molar-refractivity contribution in [2.24, 2.45) is 0 Å². The number of rotatable bonds is 8. The smallest absolute Gasteiger partial charge is 0.0476 e. The average Bonchev–Trinajstić information content (AvgIpc) is 4.00. The Morgan fingerprint density at radius 1 is 0.214 bits per heavy atom. The Morgan fingerprint density at radius 2 is 0.557 bits per heavy atom. The first-order valence-corrected chi connectivity index (χ1v) is 25.4. The van der Waals surface area contributed by atoms with Gasteiger partial charge in [-0.15, -0.1) is 22.7 Å². The lowest BCUT2D eigenvalue weighted by Gasteiger charge is -2.25. The minimum absolute atomic E-state index is 1.12. The van der Waals surface area contributed by atoms with Crippen LogP contribution in [0.25, 0.3) is 94.9 Å². The molecule has 0 aliphatic heterocycles. The molecule has 0 aliphatic carbocycles. The standard InChI is InChI=1S/C66H42N2S2/c1-3-15-51(16-4-1)67(53-27-23-45(24-28-53)49-21-19-43-11-7-9-13-47(43)39-49)55-31-33-59-63(41-55)69-61-37-35-58-57(65(59)61)36-38-62-66(58)60-34-32-56(42-64(60)70-62)68(52-17-5-2-6-18-52)54-29-25-46(26-30-54)50-22-20-44-12-8-10-14-48(44)40-50/h1-42H. The molecule has 2 nitrogen and oxygen atoms in total. The molecule has 0 amide bonds. The maximum atomic E-state index is 2.38. The molecule has 12 aromatic carbocycles. The summed E-state index contributed by atoms with van der Waals surface area (Å²) in [7, 11) is 0. The Kier molecular flexibility index (Phi) is 9.61. The van der Waals surface area contributed by atoms with Crippen LogP contribution in [-0.2, 0) is 0 Å². The summed E-state index contributed by atoms with van der Waals surface area (Å²) in [6, 6.07) is 93.5. The first-order chi connectivity index (χ1) is 34.7. The van der Waals surface area contributed by atoms with Crippen molar-refractivity contribution >= 4 is 129 Å². The van der Waals surface area contributed by atoms with E-state index in [0.29, 0.717) is 0 Å². The SMILES string of the molecule is c1ccc(N(c2ccc(-c3ccc4ccccc4c3)cc2)c2ccc3c(c2)sc2ccc4c(ccc5sc6cc(N(c7ccccc7)c7ccc(-c8ccc9ccccc9c8)cc7)ccc6c54)c23)cc1. The quantitative estimate of drug-likeness (QED) is 0.150. The van der Waals surface area contributed by atoms with Gasteiger partial charge in [-0.3, -0.25) is 0 Å². The van der Waals surface area contributed by atoms with E-state index in [1.54, 1.807) is 0 Å². The van der Waals surface area contributed by atoms with Gasteiger partial charge < -0.3 is 9.80 Å². The van der Waals surface area contributed by atoms with Crippen molar-refractivity contribution in [2.45, 2.75) is 0 Å². The van der Waals surface area contributed by atoms with Gasteiger partial charge in [-0.1, -0.05) is 158 Å². The summed E-state index contributed by atoms with van der Waals surface area (Å²) in [6.45, 7) is 0. The number of hydrogen-bond acceptors (Lipinski definition) is 4. The van der Waals surface area contributed by atoms with E-state index in [4.69, 9.17) is 0 Å². The Balaban J connectivity index is 0.830. The summed E-state index contributed by atoms with van der Waals surface area (Å²) >= 11 is 3.76. The number of nitrogens with zero attached hydrogens (tertiary/aromatic N) is 2. The molecule has 0 atom stereocenters. The molecule has 328 valence electrons. The van der Waals surface area contributed by atoms with E-state index >= 15 is 0 Å². The highest BCUT2D eigenvalue weighted by molar-refractivity contribution is 7.26. The van der Waals surface area contributed by atoms with Crippen LogP contribution in [0.1, 0.15) is 0 Å². The Labute approximate surface area is 413 Å². The van der Waals surface area contributed by atoms with Crippen molar-refractivity contribution in [2.75, 3.05) is 9.80 Å². The van der Waals surface area contributed by atoms with Gasteiger partial charge in [0, 0.05) is 74.5 Å². The van der Waals surface area contributed by atoms with Gasteiger partial charge >= 0.3 is 0 Å². The fourth-order valence-electron chi connectivity index (χ4n) is 10.6. The Bertz CT molecular complexity index is 4010. The van der Waals surface area contributed by atoms with E-state index in [-0.39, 0.29) is 0 Å². The Morgan fingerprint density at radius 3 is 0.986 bits per heavy atom. The summed E-state index contributed by atoms with van der Waals surface area (Å²) < 4.78 is 5.16. The summed E-state index contributed by atoms with van der Waals surface area (Å²) in [5.74, 6) is 0. The molecule has 14 aromatic rings. The number of benzene rings is 12. The van der Waals surface area contributed by atoms with Gasteiger partial charge in [0.2, 0.25) is 0 Å². The molecule has 0 fully saturated rings. The van der Waals surface area contributed by atoms with Crippen LogP contribution >= 0.6 is 22.7 Å². The first-order valence-electron chi connectivity index (χ1n) is 23.8. The van der Waals surface area contributed by atoms with E-state index in [9.17, 15) is 0 Å². The van der Waals surface area contributed by atoms with Gasteiger partial charge in [0.1, 0.15) is 0 Å². The van der Waals surface area contributed by atoms with Crippen molar-refractivity contribution in [1.29, 1.82) is 0 Å². The molecule has 0 bridgehead atoms. The molecular weight excluding hydrogens is 885 g/mol. The van der Waals surface area contributed by atoms with Gasteiger partial charge in [0.05, 0.1) is 0 Å². The molecule has 2 aromatic heterocycles.